The van der Waals surface area contributed by atoms with E-state index < -0.39 is 0 Å². The van der Waals surface area contributed by atoms with Crippen molar-refractivity contribution in [3.05, 3.63) is 29.8 Å². The summed E-state index contributed by atoms with van der Waals surface area (Å²) >= 11 is 0. The Morgan fingerprint density at radius 1 is 1.53 bits per heavy atom. The molecule has 0 aromatic heterocycles. The van der Waals surface area contributed by atoms with Gasteiger partial charge in [-0.15, -0.1) is 0 Å². The Labute approximate surface area is 113 Å². The van der Waals surface area contributed by atoms with Crippen molar-refractivity contribution in [2.75, 3.05) is 33.4 Å². The summed E-state index contributed by atoms with van der Waals surface area (Å²) in [6, 6.07) is 7.80. The molecular formula is C14H20N2O3. The molecule has 0 aliphatic carbocycles. The third kappa shape index (κ3) is 3.68. The highest BCUT2D eigenvalue weighted by Crippen LogP contribution is 2.31. The molecule has 19 heavy (non-hydrogen) atoms. The van der Waals surface area contributed by atoms with E-state index in [4.69, 9.17) is 9.84 Å². The normalized spacial score (nSPS) is 17.7. The molecule has 2 rings (SSSR count). The topological polar surface area (TPSA) is 61.8 Å². The number of nitrogens with one attached hydrogen (secondary N) is 1. The van der Waals surface area contributed by atoms with Crippen molar-refractivity contribution in [1.29, 1.82) is 0 Å². The molecule has 1 aliphatic heterocycles. The van der Waals surface area contributed by atoms with Crippen LogP contribution in [0.2, 0.25) is 0 Å². The Hall–Kier alpha value is -1.59. The molecule has 0 radical (unpaired) electrons. The maximum Gasteiger partial charge on any atom is 0.234 e. The number of nitrogens with zero attached hydrogens (tertiary/aromatic N) is 1. The monoisotopic (exact) mass is 264 g/mol. The second-order valence-electron chi connectivity index (χ2n) is 4.76. The number of ether oxygens (including phenoxy) is 1. The van der Waals surface area contributed by atoms with Crippen LogP contribution in [0, 0.1) is 0 Å². The van der Waals surface area contributed by atoms with E-state index >= 15 is 0 Å². The highest BCUT2D eigenvalue weighted by Gasteiger charge is 2.22. The fraction of sp³-hybridized carbons (Fsp3) is 0.500. The van der Waals surface area contributed by atoms with Crippen LogP contribution in [0.5, 0.6) is 5.75 Å². The van der Waals surface area contributed by atoms with Crippen LogP contribution in [0.3, 0.4) is 0 Å². The van der Waals surface area contributed by atoms with Crippen LogP contribution in [0.1, 0.15) is 18.0 Å². The van der Waals surface area contributed by atoms with Gasteiger partial charge in [-0.2, -0.15) is 0 Å². The van der Waals surface area contributed by atoms with Crippen molar-refractivity contribution in [3.63, 3.8) is 0 Å². The highest BCUT2D eigenvalue weighted by atomic mass is 16.5. The van der Waals surface area contributed by atoms with Gasteiger partial charge in [0.15, 0.2) is 0 Å². The second-order valence-corrected chi connectivity index (χ2v) is 4.76. The fourth-order valence-corrected chi connectivity index (χ4v) is 2.23. The number of aliphatic hydroxyl groups is 1. The maximum atomic E-state index is 11.9. The van der Waals surface area contributed by atoms with Crippen molar-refractivity contribution >= 4 is 5.91 Å². The van der Waals surface area contributed by atoms with Gasteiger partial charge in [-0.25, -0.2) is 0 Å². The van der Waals surface area contributed by atoms with Crippen LogP contribution < -0.4 is 10.1 Å². The number of rotatable bonds is 5. The number of carbonyl (C=O) groups excluding carboxylic acids is 1. The Morgan fingerprint density at radius 3 is 3.11 bits per heavy atom. The highest BCUT2D eigenvalue weighted by molar-refractivity contribution is 5.78. The van der Waals surface area contributed by atoms with Crippen molar-refractivity contribution in [2.24, 2.45) is 0 Å². The maximum absolute atomic E-state index is 11.9. The summed E-state index contributed by atoms with van der Waals surface area (Å²) in [5, 5.41) is 11.8. The number of likely N-dealkylation sites (N-methyl/N-ethyl adjacent to an activating group) is 1. The van der Waals surface area contributed by atoms with E-state index in [9.17, 15) is 4.79 Å². The van der Waals surface area contributed by atoms with Gasteiger partial charge in [0, 0.05) is 18.5 Å². The van der Waals surface area contributed by atoms with E-state index in [1.807, 2.05) is 31.3 Å². The number of hydrogen-bond acceptors (Lipinski definition) is 4. The molecule has 0 saturated heterocycles. The summed E-state index contributed by atoms with van der Waals surface area (Å²) in [4.78, 5) is 13.7. The van der Waals surface area contributed by atoms with Gasteiger partial charge in [0.1, 0.15) is 5.75 Å². The van der Waals surface area contributed by atoms with E-state index in [-0.39, 0.29) is 18.6 Å². The first-order chi connectivity index (χ1) is 9.20. The van der Waals surface area contributed by atoms with Crippen molar-refractivity contribution in [1.82, 2.24) is 10.2 Å². The van der Waals surface area contributed by atoms with Gasteiger partial charge in [-0.05, 0) is 13.1 Å². The quantitative estimate of drug-likeness (QED) is 0.815. The smallest absolute Gasteiger partial charge is 0.234 e. The van der Waals surface area contributed by atoms with Crippen LogP contribution in [0.15, 0.2) is 24.3 Å². The molecule has 0 fully saturated rings. The minimum Gasteiger partial charge on any atom is -0.493 e. The Kier molecular flexibility index (Phi) is 4.76. The van der Waals surface area contributed by atoms with Crippen molar-refractivity contribution in [3.8, 4) is 5.75 Å². The molecule has 0 spiro atoms. The fourth-order valence-electron chi connectivity index (χ4n) is 2.23. The molecule has 1 atom stereocenters. The van der Waals surface area contributed by atoms with Gasteiger partial charge in [0.25, 0.3) is 0 Å². The first kappa shape index (κ1) is 13.8. The Morgan fingerprint density at radius 2 is 2.32 bits per heavy atom. The average molecular weight is 264 g/mol. The first-order valence-corrected chi connectivity index (χ1v) is 6.51. The summed E-state index contributed by atoms with van der Waals surface area (Å²) in [7, 11) is 1.81. The van der Waals surface area contributed by atoms with Gasteiger partial charge in [0.2, 0.25) is 5.91 Å². The minimum atomic E-state index is -0.0300. The summed E-state index contributed by atoms with van der Waals surface area (Å²) in [5.41, 5.74) is 1.03. The molecule has 5 nitrogen and oxygen atoms in total. The number of benzene rings is 1. The number of fused-ring (bicyclic) bond motifs is 1. The molecule has 0 bridgehead atoms. The lowest BCUT2D eigenvalue weighted by atomic mass is 10.0. The summed E-state index contributed by atoms with van der Waals surface area (Å²) in [6.45, 7) is 1.47. The Bertz CT molecular complexity index is 436. The van der Waals surface area contributed by atoms with Gasteiger partial charge < -0.3 is 15.2 Å². The molecule has 2 N–H and O–H groups in total. The van der Waals surface area contributed by atoms with Crippen LogP contribution in [-0.2, 0) is 4.79 Å². The predicted octanol–water partition coefficient (Wildman–Crippen LogP) is 0.550. The van der Waals surface area contributed by atoms with Gasteiger partial charge in [-0.3, -0.25) is 9.69 Å². The second kappa shape index (κ2) is 6.54. The molecular weight excluding hydrogens is 244 g/mol. The van der Waals surface area contributed by atoms with Crippen molar-refractivity contribution in [2.45, 2.75) is 12.5 Å². The lowest BCUT2D eigenvalue weighted by Crippen LogP contribution is -2.39. The number of aliphatic hydroxyl groups excluding tert-OH is 1. The lowest BCUT2D eigenvalue weighted by molar-refractivity contribution is -0.123. The van der Waals surface area contributed by atoms with Crippen LogP contribution in [-0.4, -0.2) is 49.3 Å². The number of amides is 1. The van der Waals surface area contributed by atoms with E-state index in [0.29, 0.717) is 19.7 Å². The molecule has 5 heteroatoms. The molecule has 1 aromatic rings. The molecule has 1 amide bonds. The first-order valence-electron chi connectivity index (χ1n) is 6.51. The zero-order chi connectivity index (χ0) is 13.7. The SMILES string of the molecule is CN(CCO)CC(=O)NC1CCOc2ccccc21. The Balaban J connectivity index is 1.95. The number of hydrogen-bond donors (Lipinski definition) is 2. The molecule has 104 valence electrons. The molecule has 1 aromatic carbocycles. The molecule has 0 saturated carbocycles. The molecule has 1 heterocycles. The zero-order valence-corrected chi connectivity index (χ0v) is 11.1. The zero-order valence-electron chi connectivity index (χ0n) is 11.1. The van der Waals surface area contributed by atoms with E-state index in [1.165, 1.54) is 0 Å². The van der Waals surface area contributed by atoms with Crippen molar-refractivity contribution < 1.29 is 14.6 Å². The molecule has 1 unspecified atom stereocenters. The summed E-state index contributed by atoms with van der Waals surface area (Å²) < 4.78 is 5.56. The largest absolute Gasteiger partial charge is 0.493 e. The third-order valence-corrected chi connectivity index (χ3v) is 3.19. The lowest BCUT2D eigenvalue weighted by Gasteiger charge is -2.27. The van der Waals surface area contributed by atoms with Gasteiger partial charge in [-0.1, -0.05) is 18.2 Å². The summed E-state index contributed by atoms with van der Waals surface area (Å²) in [6.07, 6.45) is 0.784. The number of para-hydroxylation sites is 1. The standard InChI is InChI=1S/C14H20N2O3/c1-16(7-8-17)10-14(18)15-12-6-9-19-13-5-3-2-4-11(12)13/h2-5,12,17H,6-10H2,1H3,(H,15,18). The van der Waals surface area contributed by atoms with Gasteiger partial charge >= 0.3 is 0 Å². The summed E-state index contributed by atoms with van der Waals surface area (Å²) in [5.74, 6) is 0.820. The average Bonchev–Trinajstić information content (AvgIpc) is 2.39. The van der Waals surface area contributed by atoms with Crippen LogP contribution in [0.25, 0.3) is 0 Å². The molecule has 1 aliphatic rings. The van der Waals surface area contributed by atoms with Gasteiger partial charge in [0.05, 0.1) is 25.8 Å². The minimum absolute atomic E-state index is 0.0139. The van der Waals surface area contributed by atoms with E-state index in [1.54, 1.807) is 4.90 Å². The van der Waals surface area contributed by atoms with Crippen LogP contribution >= 0.6 is 0 Å². The number of carbonyl (C=O) groups is 1. The predicted molar refractivity (Wildman–Crippen MR) is 72.0 cm³/mol. The van der Waals surface area contributed by atoms with E-state index in [0.717, 1.165) is 17.7 Å². The third-order valence-electron chi connectivity index (χ3n) is 3.19. The van der Waals surface area contributed by atoms with E-state index in [2.05, 4.69) is 5.32 Å². The van der Waals surface area contributed by atoms with Crippen LogP contribution in [0.4, 0.5) is 0 Å².